The van der Waals surface area contributed by atoms with Crippen LogP contribution in [0.1, 0.15) is 28.2 Å². The van der Waals surface area contributed by atoms with E-state index in [0.717, 1.165) is 35.4 Å². The van der Waals surface area contributed by atoms with Crippen LogP contribution in [-0.4, -0.2) is 17.6 Å². The number of hydrogen-bond donors (Lipinski definition) is 1. The van der Waals surface area contributed by atoms with Gasteiger partial charge < -0.3 is 9.84 Å². The second-order valence-electron chi connectivity index (χ2n) is 5.74. The molecule has 0 aliphatic carbocycles. The van der Waals surface area contributed by atoms with Gasteiger partial charge in [0.15, 0.2) is 0 Å². The molecular weight excluding hydrogens is 300 g/mol. The predicted octanol–water partition coefficient (Wildman–Crippen LogP) is 4.01. The summed E-state index contributed by atoms with van der Waals surface area (Å²) in [4.78, 5) is 12.2. The number of carbonyl (C=O) groups is 1. The van der Waals surface area contributed by atoms with Gasteiger partial charge in [0.2, 0.25) is 0 Å². The van der Waals surface area contributed by atoms with Crippen molar-refractivity contribution in [2.45, 2.75) is 19.8 Å². The molecule has 0 radical (unpaired) electrons. The molecule has 1 N–H and O–H groups in total. The number of aryl methyl sites for hydroxylation is 2. The summed E-state index contributed by atoms with van der Waals surface area (Å²) in [5, 5.41) is 6.78. The Bertz CT molecular complexity index is 792. The summed E-state index contributed by atoms with van der Waals surface area (Å²) in [6.45, 7) is 2.51. The minimum atomic E-state index is -0.0524. The highest BCUT2D eigenvalue weighted by molar-refractivity contribution is 5.94. The first-order chi connectivity index (χ1) is 11.7. The Morgan fingerprint density at radius 2 is 1.75 bits per heavy atom. The lowest BCUT2D eigenvalue weighted by Crippen LogP contribution is -2.24. The largest absolute Gasteiger partial charge is 0.361 e. The van der Waals surface area contributed by atoms with Crippen LogP contribution in [0.5, 0.6) is 0 Å². The van der Waals surface area contributed by atoms with E-state index in [2.05, 4.69) is 22.6 Å². The van der Waals surface area contributed by atoms with Crippen molar-refractivity contribution in [1.29, 1.82) is 0 Å². The molecule has 1 aromatic heterocycles. The second kappa shape index (κ2) is 7.59. The van der Waals surface area contributed by atoms with Crippen LogP contribution in [0.15, 0.2) is 65.2 Å². The number of carbonyl (C=O) groups excluding carboxylic acids is 1. The van der Waals surface area contributed by atoms with Crippen molar-refractivity contribution < 1.29 is 9.32 Å². The molecule has 0 atom stereocenters. The molecule has 0 spiro atoms. The molecule has 1 amide bonds. The van der Waals surface area contributed by atoms with Crippen LogP contribution in [0.25, 0.3) is 11.1 Å². The smallest absolute Gasteiger partial charge is 0.251 e. The van der Waals surface area contributed by atoms with Crippen molar-refractivity contribution in [3.05, 3.63) is 77.7 Å². The van der Waals surface area contributed by atoms with Crippen molar-refractivity contribution in [3.8, 4) is 11.1 Å². The van der Waals surface area contributed by atoms with E-state index >= 15 is 0 Å². The van der Waals surface area contributed by atoms with Gasteiger partial charge in [-0.05, 0) is 36.6 Å². The highest BCUT2D eigenvalue weighted by atomic mass is 16.5. The molecule has 3 rings (SSSR count). The van der Waals surface area contributed by atoms with Gasteiger partial charge in [0.05, 0.1) is 5.69 Å². The zero-order chi connectivity index (χ0) is 16.8. The number of benzene rings is 2. The fourth-order valence-corrected chi connectivity index (χ4v) is 2.55. The summed E-state index contributed by atoms with van der Waals surface area (Å²) in [6.07, 6.45) is 1.59. The minimum absolute atomic E-state index is 0.0524. The molecule has 0 saturated heterocycles. The second-order valence-corrected chi connectivity index (χ2v) is 5.74. The first-order valence-corrected chi connectivity index (χ1v) is 8.08. The lowest BCUT2D eigenvalue weighted by Gasteiger charge is -2.06. The van der Waals surface area contributed by atoms with Gasteiger partial charge in [0.1, 0.15) is 5.76 Å². The van der Waals surface area contributed by atoms with E-state index in [1.54, 1.807) is 0 Å². The molecule has 3 aromatic rings. The first-order valence-electron chi connectivity index (χ1n) is 8.08. The highest BCUT2D eigenvalue weighted by Crippen LogP contribution is 2.19. The van der Waals surface area contributed by atoms with Crippen molar-refractivity contribution in [1.82, 2.24) is 10.5 Å². The maximum absolute atomic E-state index is 12.2. The maximum atomic E-state index is 12.2. The molecule has 0 saturated carbocycles. The Balaban J connectivity index is 1.50. The summed E-state index contributed by atoms with van der Waals surface area (Å²) < 4.78 is 5.15. The van der Waals surface area contributed by atoms with Gasteiger partial charge in [-0.15, -0.1) is 0 Å². The topological polar surface area (TPSA) is 55.1 Å². The van der Waals surface area contributed by atoms with Crippen LogP contribution in [0.3, 0.4) is 0 Å². The minimum Gasteiger partial charge on any atom is -0.361 e. The Morgan fingerprint density at radius 3 is 2.42 bits per heavy atom. The summed E-state index contributed by atoms with van der Waals surface area (Å²) in [6, 6.07) is 19.7. The van der Waals surface area contributed by atoms with Crippen molar-refractivity contribution in [2.24, 2.45) is 0 Å². The fraction of sp³-hybridized carbons (Fsp3) is 0.200. The molecule has 0 aliphatic heterocycles. The molecule has 0 bridgehead atoms. The van der Waals surface area contributed by atoms with Crippen LogP contribution < -0.4 is 5.32 Å². The Kier molecular flexibility index (Phi) is 5.06. The third kappa shape index (κ3) is 4.10. The maximum Gasteiger partial charge on any atom is 0.251 e. The Morgan fingerprint density at radius 1 is 1.04 bits per heavy atom. The number of hydrogen-bond acceptors (Lipinski definition) is 3. The Labute approximate surface area is 141 Å². The van der Waals surface area contributed by atoms with Crippen LogP contribution in [-0.2, 0) is 6.42 Å². The van der Waals surface area contributed by atoms with Gasteiger partial charge >= 0.3 is 0 Å². The van der Waals surface area contributed by atoms with Crippen LogP contribution in [0.2, 0.25) is 0 Å². The number of nitrogens with zero attached hydrogens (tertiary/aromatic N) is 1. The van der Waals surface area contributed by atoms with E-state index in [4.69, 9.17) is 4.52 Å². The Hall–Kier alpha value is -2.88. The van der Waals surface area contributed by atoms with Gasteiger partial charge in [-0.2, -0.15) is 0 Å². The third-order valence-corrected chi connectivity index (χ3v) is 3.82. The quantitative estimate of drug-likeness (QED) is 0.698. The molecule has 4 nitrogen and oxygen atoms in total. The molecule has 122 valence electrons. The molecule has 4 heteroatoms. The van der Waals surface area contributed by atoms with E-state index in [1.807, 2.05) is 55.5 Å². The zero-order valence-corrected chi connectivity index (χ0v) is 13.7. The molecule has 24 heavy (non-hydrogen) atoms. The number of rotatable bonds is 6. The lowest BCUT2D eigenvalue weighted by molar-refractivity contribution is 0.0953. The lowest BCUT2D eigenvalue weighted by atomic mass is 10.0. The van der Waals surface area contributed by atoms with Crippen molar-refractivity contribution >= 4 is 5.91 Å². The predicted molar refractivity (Wildman–Crippen MR) is 93.8 cm³/mol. The van der Waals surface area contributed by atoms with Gasteiger partial charge in [0.25, 0.3) is 5.91 Å². The SMILES string of the molecule is Cc1cc(CCCNC(=O)c2ccc(-c3ccccc3)cc2)on1. The fourth-order valence-electron chi connectivity index (χ4n) is 2.55. The van der Waals surface area contributed by atoms with E-state index in [0.29, 0.717) is 12.1 Å². The van der Waals surface area contributed by atoms with Gasteiger partial charge in [-0.3, -0.25) is 4.79 Å². The molecular formula is C20H20N2O2. The summed E-state index contributed by atoms with van der Waals surface area (Å²) >= 11 is 0. The van der Waals surface area contributed by atoms with Gasteiger partial charge in [0, 0.05) is 24.6 Å². The summed E-state index contributed by atoms with van der Waals surface area (Å²) in [5.41, 5.74) is 3.80. The van der Waals surface area contributed by atoms with Crippen LogP contribution in [0.4, 0.5) is 0 Å². The number of amides is 1. The summed E-state index contributed by atoms with van der Waals surface area (Å²) in [7, 11) is 0. The summed E-state index contributed by atoms with van der Waals surface area (Å²) in [5.74, 6) is 0.803. The van der Waals surface area contributed by atoms with Gasteiger partial charge in [-0.25, -0.2) is 0 Å². The van der Waals surface area contributed by atoms with Crippen molar-refractivity contribution in [3.63, 3.8) is 0 Å². The van der Waals surface area contributed by atoms with E-state index < -0.39 is 0 Å². The van der Waals surface area contributed by atoms with Crippen LogP contribution >= 0.6 is 0 Å². The molecule has 0 fully saturated rings. The number of aromatic nitrogens is 1. The van der Waals surface area contributed by atoms with Crippen molar-refractivity contribution in [2.75, 3.05) is 6.54 Å². The number of nitrogens with one attached hydrogen (secondary N) is 1. The normalized spacial score (nSPS) is 10.5. The molecule has 1 heterocycles. The van der Waals surface area contributed by atoms with Gasteiger partial charge in [-0.1, -0.05) is 47.6 Å². The van der Waals surface area contributed by atoms with E-state index in [1.165, 1.54) is 0 Å². The average molecular weight is 320 g/mol. The monoisotopic (exact) mass is 320 g/mol. The van der Waals surface area contributed by atoms with E-state index in [-0.39, 0.29) is 5.91 Å². The zero-order valence-electron chi connectivity index (χ0n) is 13.7. The van der Waals surface area contributed by atoms with Crippen LogP contribution in [0, 0.1) is 6.92 Å². The molecule has 0 aliphatic rings. The van der Waals surface area contributed by atoms with E-state index in [9.17, 15) is 4.79 Å². The molecule has 2 aromatic carbocycles. The highest BCUT2D eigenvalue weighted by Gasteiger charge is 2.06. The third-order valence-electron chi connectivity index (χ3n) is 3.82. The first kappa shape index (κ1) is 16.0. The standard InChI is InChI=1S/C20H20N2O2/c1-15-14-19(24-22-15)8-5-13-21-20(23)18-11-9-17(10-12-18)16-6-3-2-4-7-16/h2-4,6-7,9-12,14H,5,8,13H2,1H3,(H,21,23). The molecule has 0 unspecified atom stereocenters. The average Bonchev–Trinajstić information content (AvgIpc) is 3.05.